The predicted octanol–water partition coefficient (Wildman–Crippen LogP) is 4.31. The molecule has 3 rings (SSSR count). The van der Waals surface area contributed by atoms with Gasteiger partial charge < -0.3 is 10.2 Å². The Hall–Kier alpha value is -1.02. The van der Waals surface area contributed by atoms with E-state index in [0.29, 0.717) is 5.92 Å². The molecule has 2 nitrogen and oxygen atoms in total. The lowest BCUT2D eigenvalue weighted by atomic mass is 9.80. The molecule has 21 heavy (non-hydrogen) atoms. The van der Waals surface area contributed by atoms with Gasteiger partial charge in [-0.15, -0.1) is 0 Å². The fraction of sp³-hybridized carbons (Fsp3) is 0.684. The van der Waals surface area contributed by atoms with E-state index in [0.717, 1.165) is 24.7 Å². The van der Waals surface area contributed by atoms with Crippen LogP contribution in [0.5, 0.6) is 0 Å². The Bertz CT molecular complexity index is 454. The van der Waals surface area contributed by atoms with Crippen molar-refractivity contribution in [3.63, 3.8) is 0 Å². The SMILES string of the molecule is CCNC1CC2CCCC(C1)N2c1ccccc1C(C)C. The molecule has 2 saturated heterocycles. The molecule has 2 heteroatoms. The Morgan fingerprint density at radius 1 is 1.14 bits per heavy atom. The molecule has 2 aliphatic heterocycles. The number of hydrogen-bond acceptors (Lipinski definition) is 2. The van der Waals surface area contributed by atoms with Crippen LogP contribution in [0.3, 0.4) is 0 Å². The van der Waals surface area contributed by atoms with Crippen LogP contribution in [-0.4, -0.2) is 24.7 Å². The lowest BCUT2D eigenvalue weighted by molar-refractivity contribution is 0.247. The predicted molar refractivity (Wildman–Crippen MR) is 91.1 cm³/mol. The smallest absolute Gasteiger partial charge is 0.0406 e. The summed E-state index contributed by atoms with van der Waals surface area (Å²) in [6, 6.07) is 11.3. The van der Waals surface area contributed by atoms with Gasteiger partial charge in [0.1, 0.15) is 0 Å². The molecule has 116 valence electrons. The van der Waals surface area contributed by atoms with Crippen molar-refractivity contribution in [2.45, 2.75) is 76.9 Å². The van der Waals surface area contributed by atoms with E-state index in [1.165, 1.54) is 43.4 Å². The topological polar surface area (TPSA) is 15.3 Å². The number of piperidine rings is 2. The normalized spacial score (nSPS) is 29.0. The molecule has 1 N–H and O–H groups in total. The van der Waals surface area contributed by atoms with E-state index in [-0.39, 0.29) is 0 Å². The number of rotatable bonds is 4. The van der Waals surface area contributed by atoms with Crippen LogP contribution in [0, 0.1) is 0 Å². The van der Waals surface area contributed by atoms with Crippen molar-refractivity contribution in [2.75, 3.05) is 11.4 Å². The molecular weight excluding hydrogens is 256 g/mol. The monoisotopic (exact) mass is 286 g/mol. The molecule has 0 spiro atoms. The van der Waals surface area contributed by atoms with E-state index in [9.17, 15) is 0 Å². The summed E-state index contributed by atoms with van der Waals surface area (Å²) in [6.07, 6.45) is 6.78. The second-order valence-electron chi connectivity index (χ2n) is 7.09. The van der Waals surface area contributed by atoms with Gasteiger partial charge in [0.05, 0.1) is 0 Å². The summed E-state index contributed by atoms with van der Waals surface area (Å²) >= 11 is 0. The van der Waals surface area contributed by atoms with Crippen molar-refractivity contribution in [1.29, 1.82) is 0 Å². The molecule has 2 fully saturated rings. The van der Waals surface area contributed by atoms with Gasteiger partial charge >= 0.3 is 0 Å². The van der Waals surface area contributed by atoms with E-state index in [4.69, 9.17) is 0 Å². The molecule has 1 aromatic carbocycles. The van der Waals surface area contributed by atoms with Crippen LogP contribution < -0.4 is 10.2 Å². The van der Waals surface area contributed by atoms with Crippen LogP contribution in [0.1, 0.15) is 64.4 Å². The lowest BCUT2D eigenvalue weighted by Gasteiger charge is -2.51. The number of hydrogen-bond donors (Lipinski definition) is 1. The minimum absolute atomic E-state index is 0.605. The fourth-order valence-corrected chi connectivity index (χ4v) is 4.44. The van der Waals surface area contributed by atoms with Gasteiger partial charge in [-0.2, -0.15) is 0 Å². The maximum atomic E-state index is 3.70. The summed E-state index contributed by atoms with van der Waals surface area (Å²) in [7, 11) is 0. The Kier molecular flexibility index (Phi) is 4.54. The molecule has 2 aliphatic rings. The van der Waals surface area contributed by atoms with Gasteiger partial charge in [-0.1, -0.05) is 39.0 Å². The number of para-hydroxylation sites is 1. The quantitative estimate of drug-likeness (QED) is 0.887. The zero-order chi connectivity index (χ0) is 14.8. The summed E-state index contributed by atoms with van der Waals surface area (Å²) in [5.74, 6) is 0.605. The number of nitrogens with zero attached hydrogens (tertiary/aromatic N) is 1. The molecule has 0 radical (unpaired) electrons. The molecule has 0 saturated carbocycles. The van der Waals surface area contributed by atoms with Crippen molar-refractivity contribution in [1.82, 2.24) is 5.32 Å². The largest absolute Gasteiger partial charge is 0.365 e. The first-order valence-corrected chi connectivity index (χ1v) is 8.81. The average Bonchev–Trinajstić information content (AvgIpc) is 2.46. The highest BCUT2D eigenvalue weighted by molar-refractivity contribution is 5.57. The van der Waals surface area contributed by atoms with Crippen LogP contribution in [0.2, 0.25) is 0 Å². The molecule has 0 aromatic heterocycles. The van der Waals surface area contributed by atoms with Crippen LogP contribution in [0.4, 0.5) is 5.69 Å². The molecule has 0 amide bonds. The minimum Gasteiger partial charge on any atom is -0.365 e. The zero-order valence-corrected chi connectivity index (χ0v) is 13.8. The van der Waals surface area contributed by atoms with E-state index in [1.54, 1.807) is 0 Å². The molecule has 2 atom stereocenters. The Balaban J connectivity index is 1.89. The van der Waals surface area contributed by atoms with Gasteiger partial charge in [0.25, 0.3) is 0 Å². The summed E-state index contributed by atoms with van der Waals surface area (Å²) in [5.41, 5.74) is 3.04. The molecule has 2 bridgehead atoms. The van der Waals surface area contributed by atoms with Gasteiger partial charge in [0.15, 0.2) is 0 Å². The molecule has 1 aromatic rings. The summed E-state index contributed by atoms with van der Waals surface area (Å²) in [6.45, 7) is 7.98. The first-order chi connectivity index (χ1) is 10.2. The Labute approximate surface area is 129 Å². The van der Waals surface area contributed by atoms with Gasteiger partial charge in [-0.25, -0.2) is 0 Å². The van der Waals surface area contributed by atoms with Crippen molar-refractivity contribution >= 4 is 5.69 Å². The van der Waals surface area contributed by atoms with Crippen LogP contribution in [-0.2, 0) is 0 Å². The highest BCUT2D eigenvalue weighted by Crippen LogP contribution is 2.40. The second-order valence-corrected chi connectivity index (χ2v) is 7.09. The molecule has 2 unspecified atom stereocenters. The molecule has 2 heterocycles. The Morgan fingerprint density at radius 2 is 1.81 bits per heavy atom. The third kappa shape index (κ3) is 2.96. The van der Waals surface area contributed by atoms with E-state index < -0.39 is 0 Å². The number of nitrogens with one attached hydrogen (secondary N) is 1. The van der Waals surface area contributed by atoms with Gasteiger partial charge in [-0.05, 0) is 56.2 Å². The van der Waals surface area contributed by atoms with Gasteiger partial charge in [0.2, 0.25) is 0 Å². The maximum absolute atomic E-state index is 3.70. The first-order valence-electron chi connectivity index (χ1n) is 8.81. The maximum Gasteiger partial charge on any atom is 0.0406 e. The van der Waals surface area contributed by atoms with Crippen LogP contribution >= 0.6 is 0 Å². The van der Waals surface area contributed by atoms with Gasteiger partial charge in [-0.3, -0.25) is 0 Å². The molecule has 0 aliphatic carbocycles. The molecular formula is C19H30N2. The first kappa shape index (κ1) is 14.9. The second kappa shape index (κ2) is 6.39. The zero-order valence-electron chi connectivity index (χ0n) is 13.8. The third-order valence-corrected chi connectivity index (χ3v) is 5.30. The van der Waals surface area contributed by atoms with Crippen molar-refractivity contribution in [2.24, 2.45) is 0 Å². The van der Waals surface area contributed by atoms with Gasteiger partial charge in [0, 0.05) is 23.8 Å². The van der Waals surface area contributed by atoms with Crippen molar-refractivity contribution in [3.05, 3.63) is 29.8 Å². The highest BCUT2D eigenvalue weighted by Gasteiger charge is 2.38. The van der Waals surface area contributed by atoms with E-state index >= 15 is 0 Å². The average molecular weight is 286 g/mol. The number of benzene rings is 1. The fourth-order valence-electron chi connectivity index (χ4n) is 4.44. The Morgan fingerprint density at radius 3 is 2.43 bits per heavy atom. The van der Waals surface area contributed by atoms with Crippen molar-refractivity contribution < 1.29 is 0 Å². The standard InChI is InChI=1S/C19H30N2/c1-4-20-15-12-16-8-7-9-17(13-15)21(16)19-11-6-5-10-18(19)14(2)3/h5-6,10-11,14-17,20H,4,7-9,12-13H2,1-3H3. The number of fused-ring (bicyclic) bond motifs is 2. The summed E-state index contributed by atoms with van der Waals surface area (Å²) < 4.78 is 0. The van der Waals surface area contributed by atoms with Crippen molar-refractivity contribution in [3.8, 4) is 0 Å². The van der Waals surface area contributed by atoms with E-state index in [2.05, 4.69) is 55.3 Å². The van der Waals surface area contributed by atoms with Crippen LogP contribution in [0.25, 0.3) is 0 Å². The lowest BCUT2D eigenvalue weighted by Crippen LogP contribution is -2.56. The number of anilines is 1. The summed E-state index contributed by atoms with van der Waals surface area (Å²) in [4.78, 5) is 2.78. The third-order valence-electron chi connectivity index (χ3n) is 5.30. The minimum atomic E-state index is 0.605. The van der Waals surface area contributed by atoms with E-state index in [1.807, 2.05) is 0 Å². The van der Waals surface area contributed by atoms with Crippen LogP contribution in [0.15, 0.2) is 24.3 Å². The highest BCUT2D eigenvalue weighted by atomic mass is 15.2. The summed E-state index contributed by atoms with van der Waals surface area (Å²) in [5, 5.41) is 3.70.